The summed E-state index contributed by atoms with van der Waals surface area (Å²) < 4.78 is 4.83. The van der Waals surface area contributed by atoms with E-state index in [1.807, 2.05) is 20.8 Å². The molecule has 0 amide bonds. The lowest BCUT2D eigenvalue weighted by Gasteiger charge is -2.20. The van der Waals surface area contributed by atoms with Crippen LogP contribution in [-0.2, 0) is 9.53 Å². The van der Waals surface area contributed by atoms with Gasteiger partial charge in [0.15, 0.2) is 11.5 Å². The average Bonchev–Trinajstić information content (AvgIpc) is 2.92. The van der Waals surface area contributed by atoms with Gasteiger partial charge < -0.3 is 20.4 Å². The van der Waals surface area contributed by atoms with E-state index < -0.39 is 6.04 Å². The molecule has 0 aliphatic rings. The van der Waals surface area contributed by atoms with E-state index in [2.05, 4.69) is 30.6 Å². The van der Waals surface area contributed by atoms with E-state index in [4.69, 9.17) is 4.74 Å². The molecule has 0 aliphatic carbocycles. The molecule has 0 saturated carbocycles. The van der Waals surface area contributed by atoms with Crippen LogP contribution in [0.2, 0.25) is 0 Å². The van der Waals surface area contributed by atoms with E-state index in [1.54, 1.807) is 6.33 Å². The number of fused-ring (bicyclic) bond motifs is 1. The van der Waals surface area contributed by atoms with Crippen molar-refractivity contribution < 1.29 is 9.53 Å². The zero-order chi connectivity index (χ0) is 15.4. The molecule has 0 fully saturated rings. The Morgan fingerprint density at radius 3 is 2.81 bits per heavy atom. The fourth-order valence-corrected chi connectivity index (χ4v) is 1.95. The first-order chi connectivity index (χ1) is 10.1. The number of hydrogen-bond donors (Lipinski definition) is 3. The summed E-state index contributed by atoms with van der Waals surface area (Å²) in [7, 11) is 1.37. The molecule has 2 aromatic heterocycles. The standard InChI is InChI=1S/C13H20N6O2/c1-5-14-13-18-10-9(15-6-16-10)11(19-13)17-8(7(2)3)12(20)21-4/h6-8H,5H2,1-4H3,(H3,14,15,16,17,18,19). The second kappa shape index (κ2) is 6.38. The number of carbonyl (C=O) groups excluding carboxylic acids is 1. The van der Waals surface area contributed by atoms with Crippen molar-refractivity contribution in [3.05, 3.63) is 6.33 Å². The number of hydrogen-bond acceptors (Lipinski definition) is 7. The molecule has 0 bridgehead atoms. The van der Waals surface area contributed by atoms with E-state index in [1.165, 1.54) is 7.11 Å². The van der Waals surface area contributed by atoms with E-state index >= 15 is 0 Å². The monoisotopic (exact) mass is 292 g/mol. The van der Waals surface area contributed by atoms with Crippen LogP contribution in [0.1, 0.15) is 20.8 Å². The van der Waals surface area contributed by atoms with Crippen molar-refractivity contribution in [3.8, 4) is 0 Å². The van der Waals surface area contributed by atoms with Crippen molar-refractivity contribution in [1.82, 2.24) is 19.9 Å². The van der Waals surface area contributed by atoms with Crippen LogP contribution in [0.5, 0.6) is 0 Å². The number of aromatic nitrogens is 4. The number of aromatic amines is 1. The van der Waals surface area contributed by atoms with E-state index in [-0.39, 0.29) is 11.9 Å². The van der Waals surface area contributed by atoms with Crippen molar-refractivity contribution in [2.45, 2.75) is 26.8 Å². The molecule has 21 heavy (non-hydrogen) atoms. The number of nitrogens with one attached hydrogen (secondary N) is 3. The zero-order valence-electron chi connectivity index (χ0n) is 12.6. The molecule has 8 heteroatoms. The van der Waals surface area contributed by atoms with Crippen LogP contribution in [0.25, 0.3) is 11.2 Å². The molecule has 114 valence electrons. The predicted octanol–water partition coefficient (Wildman–Crippen LogP) is 1.39. The molecule has 1 unspecified atom stereocenters. The number of anilines is 2. The molecule has 0 radical (unpaired) electrons. The summed E-state index contributed by atoms with van der Waals surface area (Å²) in [5.74, 6) is 0.707. The highest BCUT2D eigenvalue weighted by molar-refractivity contribution is 5.87. The van der Waals surface area contributed by atoms with Crippen LogP contribution in [0.3, 0.4) is 0 Å². The van der Waals surface area contributed by atoms with Crippen LogP contribution < -0.4 is 10.6 Å². The van der Waals surface area contributed by atoms with Gasteiger partial charge in [-0.25, -0.2) is 9.78 Å². The molecular formula is C13H20N6O2. The normalized spacial score (nSPS) is 12.4. The summed E-state index contributed by atoms with van der Waals surface area (Å²) in [4.78, 5) is 27.7. The lowest BCUT2D eigenvalue weighted by molar-refractivity contribution is -0.142. The molecule has 3 N–H and O–H groups in total. The first kappa shape index (κ1) is 15.0. The highest BCUT2D eigenvalue weighted by atomic mass is 16.5. The van der Waals surface area contributed by atoms with Crippen molar-refractivity contribution in [2.24, 2.45) is 5.92 Å². The first-order valence-electron chi connectivity index (χ1n) is 6.86. The molecule has 2 rings (SSSR count). The Morgan fingerprint density at radius 1 is 1.43 bits per heavy atom. The third kappa shape index (κ3) is 3.21. The molecule has 0 aromatic carbocycles. The van der Waals surface area contributed by atoms with E-state index in [0.29, 0.717) is 29.5 Å². The Morgan fingerprint density at radius 2 is 2.19 bits per heavy atom. The summed E-state index contributed by atoms with van der Waals surface area (Å²) in [6.45, 7) is 6.52. The lowest BCUT2D eigenvalue weighted by Crippen LogP contribution is -2.36. The quantitative estimate of drug-likeness (QED) is 0.691. The van der Waals surface area contributed by atoms with Crippen LogP contribution >= 0.6 is 0 Å². The van der Waals surface area contributed by atoms with Gasteiger partial charge in [-0.1, -0.05) is 13.8 Å². The predicted molar refractivity (Wildman–Crippen MR) is 80.1 cm³/mol. The maximum atomic E-state index is 11.9. The Kier molecular flexibility index (Phi) is 4.56. The Balaban J connectivity index is 2.39. The summed E-state index contributed by atoms with van der Waals surface area (Å²) >= 11 is 0. The maximum absolute atomic E-state index is 11.9. The number of rotatable bonds is 6. The number of imidazole rings is 1. The van der Waals surface area contributed by atoms with Gasteiger partial charge in [-0.15, -0.1) is 0 Å². The molecule has 0 spiro atoms. The van der Waals surface area contributed by atoms with Crippen LogP contribution in [0.4, 0.5) is 11.8 Å². The van der Waals surface area contributed by atoms with Crippen LogP contribution in [-0.4, -0.2) is 45.6 Å². The number of methoxy groups -OCH3 is 1. The summed E-state index contributed by atoms with van der Waals surface area (Å²) in [5, 5.41) is 6.16. The van der Waals surface area contributed by atoms with Crippen LogP contribution in [0.15, 0.2) is 6.33 Å². The molecule has 0 aliphatic heterocycles. The summed E-state index contributed by atoms with van der Waals surface area (Å²) in [6, 6.07) is -0.495. The third-order valence-electron chi connectivity index (χ3n) is 3.03. The average molecular weight is 292 g/mol. The second-order valence-electron chi connectivity index (χ2n) is 4.92. The maximum Gasteiger partial charge on any atom is 0.328 e. The smallest absolute Gasteiger partial charge is 0.328 e. The number of esters is 1. The summed E-state index contributed by atoms with van der Waals surface area (Å²) in [5.41, 5.74) is 1.20. The highest BCUT2D eigenvalue weighted by Gasteiger charge is 2.24. The summed E-state index contributed by atoms with van der Waals surface area (Å²) in [6.07, 6.45) is 1.54. The molecular weight excluding hydrogens is 272 g/mol. The molecule has 2 aromatic rings. The van der Waals surface area contributed by atoms with E-state index in [0.717, 1.165) is 0 Å². The fourth-order valence-electron chi connectivity index (χ4n) is 1.95. The van der Waals surface area contributed by atoms with Gasteiger partial charge in [-0.05, 0) is 12.8 Å². The van der Waals surface area contributed by atoms with Gasteiger partial charge in [0.1, 0.15) is 11.6 Å². The largest absolute Gasteiger partial charge is 0.467 e. The topological polar surface area (TPSA) is 105 Å². The Bertz CT molecular complexity index is 624. The van der Waals surface area contributed by atoms with Gasteiger partial charge in [0.05, 0.1) is 13.4 Å². The number of ether oxygens (including phenoxy) is 1. The second-order valence-corrected chi connectivity index (χ2v) is 4.92. The van der Waals surface area contributed by atoms with Crippen molar-refractivity contribution in [2.75, 3.05) is 24.3 Å². The van der Waals surface area contributed by atoms with Gasteiger partial charge in [0.25, 0.3) is 0 Å². The molecule has 0 saturated heterocycles. The van der Waals surface area contributed by atoms with Crippen molar-refractivity contribution >= 4 is 28.9 Å². The van der Waals surface area contributed by atoms with Crippen molar-refractivity contribution in [1.29, 1.82) is 0 Å². The Hall–Kier alpha value is -2.38. The molecule has 2 heterocycles. The van der Waals surface area contributed by atoms with Gasteiger partial charge in [-0.3, -0.25) is 0 Å². The highest BCUT2D eigenvalue weighted by Crippen LogP contribution is 2.21. The zero-order valence-corrected chi connectivity index (χ0v) is 12.6. The van der Waals surface area contributed by atoms with Gasteiger partial charge in [0, 0.05) is 6.54 Å². The fraction of sp³-hybridized carbons (Fsp3) is 0.538. The molecule has 1 atom stereocenters. The minimum Gasteiger partial charge on any atom is -0.467 e. The van der Waals surface area contributed by atoms with Gasteiger partial charge in [0.2, 0.25) is 5.95 Å². The minimum absolute atomic E-state index is 0.0490. The van der Waals surface area contributed by atoms with Gasteiger partial charge >= 0.3 is 5.97 Å². The van der Waals surface area contributed by atoms with Gasteiger partial charge in [-0.2, -0.15) is 9.97 Å². The number of nitrogens with zero attached hydrogens (tertiary/aromatic N) is 3. The lowest BCUT2D eigenvalue weighted by atomic mass is 10.0. The van der Waals surface area contributed by atoms with E-state index in [9.17, 15) is 4.79 Å². The first-order valence-corrected chi connectivity index (χ1v) is 6.86. The number of H-pyrrole nitrogens is 1. The SMILES string of the molecule is CCNc1nc(NC(C(=O)OC)C(C)C)c2[nH]cnc2n1. The minimum atomic E-state index is -0.495. The van der Waals surface area contributed by atoms with Crippen molar-refractivity contribution in [3.63, 3.8) is 0 Å². The third-order valence-corrected chi connectivity index (χ3v) is 3.03. The number of carbonyl (C=O) groups is 1. The Labute approximate surface area is 122 Å². The van der Waals surface area contributed by atoms with Crippen LogP contribution in [0, 0.1) is 5.92 Å². The molecule has 8 nitrogen and oxygen atoms in total.